The summed E-state index contributed by atoms with van der Waals surface area (Å²) in [5.74, 6) is -4.57. The lowest BCUT2D eigenvalue weighted by Crippen LogP contribution is -2.32. The highest BCUT2D eigenvalue weighted by Gasteiger charge is 2.20. The molecule has 0 aromatic heterocycles. The Kier molecular flexibility index (Phi) is 5.21. The van der Waals surface area contributed by atoms with Gasteiger partial charge in [0.2, 0.25) is 0 Å². The average Bonchev–Trinajstić information content (AvgIpc) is 2.47. The Labute approximate surface area is 114 Å². The number of hydrogen-bond donors (Lipinski definition) is 2. The Hall–Kier alpha value is -2.90. The molecule has 1 aromatic rings. The first-order valence-corrected chi connectivity index (χ1v) is 5.46. The van der Waals surface area contributed by atoms with Crippen molar-refractivity contribution < 1.29 is 28.7 Å². The van der Waals surface area contributed by atoms with Crippen LogP contribution in [0.15, 0.2) is 24.3 Å². The smallest absolute Gasteiger partial charge is 0.402 e. The Morgan fingerprint density at radius 2 is 1.15 bits per heavy atom. The molecule has 0 aliphatic heterocycles. The number of carbonyl (C=O) groups excluding carboxylic acids is 4. The lowest BCUT2D eigenvalue weighted by Gasteiger charge is -2.09. The first-order valence-electron chi connectivity index (χ1n) is 5.46. The number of rotatable bonds is 2. The molecule has 0 radical (unpaired) electrons. The van der Waals surface area contributed by atoms with Gasteiger partial charge in [0, 0.05) is 14.1 Å². The van der Waals surface area contributed by atoms with E-state index in [1.165, 1.54) is 38.4 Å². The van der Waals surface area contributed by atoms with Crippen molar-refractivity contribution in [3.63, 3.8) is 0 Å². The van der Waals surface area contributed by atoms with E-state index < -0.39 is 23.8 Å². The van der Waals surface area contributed by atoms with Crippen LogP contribution in [0.3, 0.4) is 0 Å². The quantitative estimate of drug-likeness (QED) is 0.408. The summed E-state index contributed by atoms with van der Waals surface area (Å²) in [6, 6.07) is 5.63. The molecule has 0 atom stereocenters. The second kappa shape index (κ2) is 6.88. The number of benzene rings is 1. The molecule has 20 heavy (non-hydrogen) atoms. The van der Waals surface area contributed by atoms with Crippen LogP contribution in [0, 0.1) is 0 Å². The summed E-state index contributed by atoms with van der Waals surface area (Å²) >= 11 is 0. The fourth-order valence-electron chi connectivity index (χ4n) is 1.12. The van der Waals surface area contributed by atoms with Crippen molar-refractivity contribution in [1.29, 1.82) is 0 Å². The van der Waals surface area contributed by atoms with Crippen LogP contribution in [0.1, 0.15) is 0 Å². The number of para-hydroxylation sites is 2. The maximum absolute atomic E-state index is 11.3. The molecule has 2 N–H and O–H groups in total. The van der Waals surface area contributed by atoms with Crippen LogP contribution >= 0.6 is 0 Å². The highest BCUT2D eigenvalue weighted by atomic mass is 16.6. The zero-order valence-electron chi connectivity index (χ0n) is 10.8. The van der Waals surface area contributed by atoms with Crippen LogP contribution in [-0.2, 0) is 19.2 Å². The van der Waals surface area contributed by atoms with E-state index in [-0.39, 0.29) is 11.5 Å². The minimum Gasteiger partial charge on any atom is -0.415 e. The fraction of sp³-hybridized carbons (Fsp3) is 0.167. The number of amides is 2. The Morgan fingerprint density at radius 1 is 0.800 bits per heavy atom. The van der Waals surface area contributed by atoms with Gasteiger partial charge < -0.3 is 20.1 Å². The first kappa shape index (κ1) is 15.2. The fourth-order valence-corrected chi connectivity index (χ4v) is 1.12. The summed E-state index contributed by atoms with van der Waals surface area (Å²) in [6.45, 7) is 0. The molecule has 0 saturated carbocycles. The van der Waals surface area contributed by atoms with E-state index in [9.17, 15) is 19.2 Å². The average molecular weight is 280 g/mol. The van der Waals surface area contributed by atoms with E-state index in [2.05, 4.69) is 10.6 Å². The monoisotopic (exact) mass is 280 g/mol. The lowest BCUT2D eigenvalue weighted by atomic mass is 10.3. The zero-order chi connectivity index (χ0) is 15.1. The maximum atomic E-state index is 11.3. The van der Waals surface area contributed by atoms with Gasteiger partial charge in [0.05, 0.1) is 0 Å². The maximum Gasteiger partial charge on any atom is 0.402 e. The highest BCUT2D eigenvalue weighted by Crippen LogP contribution is 2.26. The van der Waals surface area contributed by atoms with E-state index in [0.29, 0.717) is 0 Å². The van der Waals surface area contributed by atoms with E-state index >= 15 is 0 Å². The van der Waals surface area contributed by atoms with Gasteiger partial charge in [0.1, 0.15) is 0 Å². The van der Waals surface area contributed by atoms with Crippen LogP contribution in [0.4, 0.5) is 0 Å². The molecular weight excluding hydrogens is 268 g/mol. The molecule has 0 bridgehead atoms. The van der Waals surface area contributed by atoms with E-state index in [1.54, 1.807) is 0 Å². The minimum absolute atomic E-state index is 0.154. The predicted molar refractivity (Wildman–Crippen MR) is 65.8 cm³/mol. The molecule has 1 rings (SSSR count). The first-order chi connectivity index (χ1) is 9.49. The number of carbonyl (C=O) groups is 4. The van der Waals surface area contributed by atoms with Gasteiger partial charge >= 0.3 is 23.8 Å². The van der Waals surface area contributed by atoms with Crippen molar-refractivity contribution in [2.75, 3.05) is 14.1 Å². The molecule has 0 aliphatic rings. The SMILES string of the molecule is CNC(=O)C(=O)Oc1ccccc1OC(=O)C(=O)NC. The molecule has 8 heteroatoms. The van der Waals surface area contributed by atoms with Crippen molar-refractivity contribution in [1.82, 2.24) is 10.6 Å². The predicted octanol–water partition coefficient (Wildman–Crippen LogP) is -1.01. The third-order valence-electron chi connectivity index (χ3n) is 2.08. The van der Waals surface area contributed by atoms with Crippen LogP contribution in [-0.4, -0.2) is 37.8 Å². The number of likely N-dealkylation sites (N-methyl/N-ethyl adjacent to an activating group) is 2. The van der Waals surface area contributed by atoms with E-state index in [0.717, 1.165) is 0 Å². The number of ether oxygens (including phenoxy) is 2. The van der Waals surface area contributed by atoms with Gasteiger partial charge in [-0.1, -0.05) is 12.1 Å². The summed E-state index contributed by atoms with van der Waals surface area (Å²) < 4.78 is 9.51. The van der Waals surface area contributed by atoms with Crippen LogP contribution < -0.4 is 20.1 Å². The largest absolute Gasteiger partial charge is 0.415 e. The normalized spacial score (nSPS) is 9.30. The molecule has 0 unspecified atom stereocenters. The topological polar surface area (TPSA) is 111 Å². The molecule has 0 fully saturated rings. The molecule has 8 nitrogen and oxygen atoms in total. The van der Waals surface area contributed by atoms with E-state index in [4.69, 9.17) is 9.47 Å². The summed E-state index contributed by atoms with van der Waals surface area (Å²) in [5, 5.41) is 4.17. The van der Waals surface area contributed by atoms with Crippen molar-refractivity contribution in [2.45, 2.75) is 0 Å². The van der Waals surface area contributed by atoms with Crippen molar-refractivity contribution >= 4 is 23.8 Å². The number of esters is 2. The lowest BCUT2D eigenvalue weighted by molar-refractivity contribution is -0.149. The number of hydrogen-bond acceptors (Lipinski definition) is 6. The summed E-state index contributed by atoms with van der Waals surface area (Å²) in [5.41, 5.74) is 0. The van der Waals surface area contributed by atoms with Gasteiger partial charge in [0.25, 0.3) is 0 Å². The highest BCUT2D eigenvalue weighted by molar-refractivity contribution is 6.33. The molecule has 0 heterocycles. The van der Waals surface area contributed by atoms with Gasteiger partial charge in [-0.3, -0.25) is 9.59 Å². The van der Waals surface area contributed by atoms with Gasteiger partial charge in [-0.25, -0.2) is 9.59 Å². The Balaban J connectivity index is 2.88. The molecule has 2 amide bonds. The zero-order valence-corrected chi connectivity index (χ0v) is 10.8. The van der Waals surface area contributed by atoms with Gasteiger partial charge in [0.15, 0.2) is 11.5 Å². The molecule has 0 spiro atoms. The van der Waals surface area contributed by atoms with Crippen molar-refractivity contribution in [3.05, 3.63) is 24.3 Å². The van der Waals surface area contributed by atoms with Crippen LogP contribution in [0.25, 0.3) is 0 Å². The molecule has 1 aromatic carbocycles. The molecular formula is C12H12N2O6. The standard InChI is InChI=1S/C12H12N2O6/c1-13-9(15)11(17)19-7-5-3-4-6-8(7)20-12(18)10(16)14-2/h3-6H,1-2H3,(H,13,15)(H,14,16). The van der Waals surface area contributed by atoms with Gasteiger partial charge in [-0.2, -0.15) is 0 Å². The second-order valence-electron chi connectivity index (χ2n) is 3.38. The van der Waals surface area contributed by atoms with Gasteiger partial charge in [-0.15, -0.1) is 0 Å². The molecule has 0 saturated heterocycles. The Bertz CT molecular complexity index is 506. The Morgan fingerprint density at radius 3 is 1.45 bits per heavy atom. The molecule has 106 valence electrons. The van der Waals surface area contributed by atoms with Gasteiger partial charge in [-0.05, 0) is 12.1 Å². The molecule has 0 aliphatic carbocycles. The summed E-state index contributed by atoms with van der Waals surface area (Å²) in [6.07, 6.45) is 0. The minimum atomic E-state index is -1.17. The van der Waals surface area contributed by atoms with Crippen molar-refractivity contribution in [2.24, 2.45) is 0 Å². The number of nitrogens with one attached hydrogen (secondary N) is 2. The van der Waals surface area contributed by atoms with Crippen LogP contribution in [0.5, 0.6) is 11.5 Å². The van der Waals surface area contributed by atoms with E-state index in [1.807, 2.05) is 0 Å². The third-order valence-corrected chi connectivity index (χ3v) is 2.08. The third kappa shape index (κ3) is 3.80. The van der Waals surface area contributed by atoms with Crippen LogP contribution in [0.2, 0.25) is 0 Å². The summed E-state index contributed by atoms with van der Waals surface area (Å²) in [4.78, 5) is 44.7. The second-order valence-corrected chi connectivity index (χ2v) is 3.38. The summed E-state index contributed by atoms with van der Waals surface area (Å²) in [7, 11) is 2.53. The van der Waals surface area contributed by atoms with Crippen molar-refractivity contribution in [3.8, 4) is 11.5 Å².